The molecule has 0 amide bonds. The van der Waals surface area contributed by atoms with Gasteiger partial charge in [-0.15, -0.1) is 0 Å². The smallest absolute Gasteiger partial charge is 0.337 e. The van der Waals surface area contributed by atoms with E-state index >= 15 is 0 Å². The van der Waals surface area contributed by atoms with Crippen molar-refractivity contribution in [3.63, 3.8) is 0 Å². The van der Waals surface area contributed by atoms with Crippen LogP contribution in [0.15, 0.2) is 47.4 Å². The fourth-order valence-corrected chi connectivity index (χ4v) is 4.22. The molecule has 0 atom stereocenters. The molecule has 0 unspecified atom stereocenters. The summed E-state index contributed by atoms with van der Waals surface area (Å²) in [6.07, 6.45) is 0. The summed E-state index contributed by atoms with van der Waals surface area (Å²) >= 11 is 6.09. The van der Waals surface area contributed by atoms with Gasteiger partial charge < -0.3 is 4.74 Å². The van der Waals surface area contributed by atoms with E-state index in [-0.39, 0.29) is 27.4 Å². The molecular weight excluding hydrogens is 386 g/mol. The minimum Gasteiger partial charge on any atom is -0.465 e. The van der Waals surface area contributed by atoms with Crippen LogP contribution in [0.25, 0.3) is 0 Å². The Hall–Kier alpha value is -1.89. The predicted molar refractivity (Wildman–Crippen MR) is 107 cm³/mol. The number of halogens is 1. The topological polar surface area (TPSA) is 63.7 Å². The van der Waals surface area contributed by atoms with Crippen molar-refractivity contribution in [3.05, 3.63) is 64.2 Å². The number of sulfonamides is 1. The Bertz CT molecular complexity index is 931. The molecule has 2 rings (SSSR count). The molecule has 0 saturated heterocycles. The van der Waals surface area contributed by atoms with E-state index < -0.39 is 16.0 Å². The summed E-state index contributed by atoms with van der Waals surface area (Å²) in [5, 5.41) is 0.0533. The number of carbonyl (C=O) groups is 1. The van der Waals surface area contributed by atoms with Crippen LogP contribution in [0.2, 0.25) is 5.02 Å². The van der Waals surface area contributed by atoms with Crippen LogP contribution in [-0.2, 0) is 26.7 Å². The zero-order valence-electron chi connectivity index (χ0n) is 16.1. The highest BCUT2D eigenvalue weighted by Gasteiger charge is 2.25. The molecule has 0 aliphatic rings. The first kappa shape index (κ1) is 21.4. The van der Waals surface area contributed by atoms with Crippen molar-refractivity contribution in [2.45, 2.75) is 37.6 Å². The highest BCUT2D eigenvalue weighted by molar-refractivity contribution is 7.89. The first-order valence-corrected chi connectivity index (χ1v) is 10.2. The number of esters is 1. The molecule has 0 spiro atoms. The van der Waals surface area contributed by atoms with Crippen molar-refractivity contribution >= 4 is 27.6 Å². The molecule has 0 radical (unpaired) electrons. The Morgan fingerprint density at radius 3 is 2.22 bits per heavy atom. The molecular formula is C20H24ClNO4S. The molecule has 7 heteroatoms. The monoisotopic (exact) mass is 409 g/mol. The van der Waals surface area contributed by atoms with Crippen LogP contribution in [-0.4, -0.2) is 32.8 Å². The van der Waals surface area contributed by atoms with Crippen molar-refractivity contribution in [1.82, 2.24) is 4.31 Å². The molecule has 27 heavy (non-hydrogen) atoms. The lowest BCUT2D eigenvalue weighted by atomic mass is 9.87. The van der Waals surface area contributed by atoms with Gasteiger partial charge in [-0.25, -0.2) is 13.2 Å². The lowest BCUT2D eigenvalue weighted by molar-refractivity contribution is 0.0600. The van der Waals surface area contributed by atoms with Crippen molar-refractivity contribution in [3.8, 4) is 0 Å². The van der Waals surface area contributed by atoms with Gasteiger partial charge in [-0.1, -0.05) is 56.6 Å². The average Bonchev–Trinajstić information content (AvgIpc) is 2.60. The summed E-state index contributed by atoms with van der Waals surface area (Å²) < 4.78 is 31.7. The molecule has 2 aromatic carbocycles. The minimum absolute atomic E-state index is 0.0261. The highest BCUT2D eigenvalue weighted by Crippen LogP contribution is 2.27. The molecule has 0 heterocycles. The zero-order valence-corrected chi connectivity index (χ0v) is 17.7. The molecule has 146 valence electrons. The number of methoxy groups -OCH3 is 1. The molecule has 5 nitrogen and oxygen atoms in total. The third-order valence-corrected chi connectivity index (χ3v) is 6.55. The lowest BCUT2D eigenvalue weighted by Crippen LogP contribution is -2.27. The summed E-state index contributed by atoms with van der Waals surface area (Å²) in [7, 11) is -1.16. The third kappa shape index (κ3) is 4.89. The van der Waals surface area contributed by atoms with Crippen molar-refractivity contribution in [2.75, 3.05) is 14.2 Å². The molecule has 0 fully saturated rings. The summed E-state index contributed by atoms with van der Waals surface area (Å²) in [6.45, 7) is 6.55. The first-order valence-electron chi connectivity index (χ1n) is 8.40. The standard InChI is InChI=1S/C20H24ClNO4S/c1-20(2,3)16-9-6-14(7-10-16)13-22(4)27(24,25)18-12-15(19(23)26-5)8-11-17(18)21/h6-12H,13H2,1-5H3. The molecule has 0 saturated carbocycles. The SMILES string of the molecule is COC(=O)c1ccc(Cl)c(S(=O)(=O)N(C)Cc2ccc(C(C)(C)C)cc2)c1. The maximum Gasteiger partial charge on any atom is 0.337 e. The van der Waals surface area contributed by atoms with E-state index in [0.717, 1.165) is 5.56 Å². The number of nitrogens with zero attached hydrogens (tertiary/aromatic N) is 1. The van der Waals surface area contributed by atoms with E-state index in [9.17, 15) is 13.2 Å². The number of carbonyl (C=O) groups excluding carboxylic acids is 1. The van der Waals surface area contributed by atoms with Crippen molar-refractivity contribution < 1.29 is 17.9 Å². The summed E-state index contributed by atoms with van der Waals surface area (Å²) in [5.74, 6) is -0.622. The van der Waals surface area contributed by atoms with Crippen LogP contribution in [0.5, 0.6) is 0 Å². The molecule has 2 aromatic rings. The molecule has 0 bridgehead atoms. The van der Waals surface area contributed by atoms with E-state index in [1.807, 2.05) is 24.3 Å². The fraction of sp³-hybridized carbons (Fsp3) is 0.350. The first-order chi connectivity index (χ1) is 12.5. The van der Waals surface area contributed by atoms with Crippen LogP contribution in [0.4, 0.5) is 0 Å². The molecule has 0 aliphatic carbocycles. The van der Waals surface area contributed by atoms with Crippen molar-refractivity contribution in [1.29, 1.82) is 0 Å². The predicted octanol–water partition coefficient (Wildman–Crippen LogP) is 4.24. The van der Waals surface area contributed by atoms with Crippen LogP contribution < -0.4 is 0 Å². The quantitative estimate of drug-likeness (QED) is 0.692. The van der Waals surface area contributed by atoms with Crippen LogP contribution in [0.1, 0.15) is 42.3 Å². The third-order valence-electron chi connectivity index (χ3n) is 4.27. The Morgan fingerprint density at radius 2 is 1.70 bits per heavy atom. The second-order valence-electron chi connectivity index (χ2n) is 7.34. The summed E-state index contributed by atoms with van der Waals surface area (Å²) in [4.78, 5) is 11.6. The van der Waals surface area contributed by atoms with E-state index in [0.29, 0.717) is 0 Å². The fourth-order valence-electron chi connectivity index (χ4n) is 2.57. The van der Waals surface area contributed by atoms with Crippen LogP contribution in [0.3, 0.4) is 0 Å². The normalized spacial score (nSPS) is 12.3. The van der Waals surface area contributed by atoms with Gasteiger partial charge >= 0.3 is 5.97 Å². The Balaban J connectivity index is 2.30. The van der Waals surface area contributed by atoms with Gasteiger partial charge in [0, 0.05) is 13.6 Å². The molecule has 0 aromatic heterocycles. The number of hydrogen-bond donors (Lipinski definition) is 0. The summed E-state index contributed by atoms with van der Waals surface area (Å²) in [6, 6.07) is 11.9. The minimum atomic E-state index is -3.88. The Labute approximate surface area is 166 Å². The second-order valence-corrected chi connectivity index (χ2v) is 9.77. The van der Waals surface area contributed by atoms with E-state index in [2.05, 4.69) is 25.5 Å². The maximum atomic E-state index is 12.9. The lowest BCUT2D eigenvalue weighted by Gasteiger charge is -2.21. The largest absolute Gasteiger partial charge is 0.465 e. The van der Waals surface area contributed by atoms with Crippen molar-refractivity contribution in [2.24, 2.45) is 0 Å². The van der Waals surface area contributed by atoms with Crippen LogP contribution in [0, 0.1) is 0 Å². The van der Waals surface area contributed by atoms with Gasteiger partial charge in [-0.2, -0.15) is 4.31 Å². The number of benzene rings is 2. The van der Waals surface area contributed by atoms with Gasteiger partial charge in [-0.05, 0) is 34.7 Å². The Kier molecular flexibility index (Phi) is 6.35. The van der Waals surface area contributed by atoms with Gasteiger partial charge in [0.2, 0.25) is 10.0 Å². The van der Waals surface area contributed by atoms with Gasteiger partial charge in [0.05, 0.1) is 17.7 Å². The maximum absolute atomic E-state index is 12.9. The Morgan fingerprint density at radius 1 is 1.11 bits per heavy atom. The van der Waals surface area contributed by atoms with E-state index in [1.54, 1.807) is 0 Å². The number of ether oxygens (including phenoxy) is 1. The highest BCUT2D eigenvalue weighted by atomic mass is 35.5. The van der Waals surface area contributed by atoms with Gasteiger partial charge in [-0.3, -0.25) is 0 Å². The second kappa shape index (κ2) is 8.00. The molecule has 0 aliphatic heterocycles. The average molecular weight is 410 g/mol. The van der Waals surface area contributed by atoms with Crippen LogP contribution >= 0.6 is 11.6 Å². The van der Waals surface area contributed by atoms with Gasteiger partial charge in [0.1, 0.15) is 4.90 Å². The zero-order chi connectivity index (χ0) is 20.4. The van der Waals surface area contributed by atoms with E-state index in [4.69, 9.17) is 11.6 Å². The van der Waals surface area contributed by atoms with Gasteiger partial charge in [0.15, 0.2) is 0 Å². The van der Waals surface area contributed by atoms with Gasteiger partial charge in [0.25, 0.3) is 0 Å². The summed E-state index contributed by atoms with van der Waals surface area (Å²) in [5.41, 5.74) is 2.18. The number of hydrogen-bond acceptors (Lipinski definition) is 4. The van der Waals surface area contributed by atoms with E-state index in [1.165, 1.54) is 42.2 Å². The molecule has 0 N–H and O–H groups in total. The number of rotatable bonds is 5.